The highest BCUT2D eigenvalue weighted by Crippen LogP contribution is 2.30. The first-order valence-electron chi connectivity index (χ1n) is 14.0. The molecule has 43 heavy (non-hydrogen) atoms. The van der Waals surface area contributed by atoms with Crippen molar-refractivity contribution >= 4 is 22.7 Å². The van der Waals surface area contributed by atoms with Crippen molar-refractivity contribution in [1.82, 2.24) is 25.0 Å². The van der Waals surface area contributed by atoms with Gasteiger partial charge in [0, 0.05) is 56.0 Å². The minimum atomic E-state index is -4.52. The molecule has 2 aromatic heterocycles. The molecule has 9 nitrogen and oxygen atoms in total. The molecule has 5 rings (SSSR count). The van der Waals surface area contributed by atoms with E-state index in [4.69, 9.17) is 14.6 Å². The largest absolute Gasteiger partial charge is 0.456 e. The Kier molecular flexibility index (Phi) is 8.95. The third-order valence-electron chi connectivity index (χ3n) is 7.55. The van der Waals surface area contributed by atoms with Gasteiger partial charge in [-0.05, 0) is 79.8 Å². The number of nitrogens with zero attached hydrogens (tertiary/aromatic N) is 4. The number of carbonyl (C=O) groups excluding carboxylic acids is 2. The second-order valence-corrected chi connectivity index (χ2v) is 10.5. The summed E-state index contributed by atoms with van der Waals surface area (Å²) in [6, 6.07) is 12.2. The van der Waals surface area contributed by atoms with Crippen molar-refractivity contribution in [3.63, 3.8) is 0 Å². The SMILES string of the molecule is COCCNC(=O)c1ccc2nn(CC3CCN(C(=O)c4ccc(Oc5ccc(C(F)(F)F)nc5)cc4)CC3)cc2c1C. The van der Waals surface area contributed by atoms with Crippen LogP contribution in [0.3, 0.4) is 0 Å². The molecule has 0 unspecified atom stereocenters. The Bertz CT molecular complexity index is 1580. The lowest BCUT2D eigenvalue weighted by molar-refractivity contribution is -0.141. The fourth-order valence-electron chi connectivity index (χ4n) is 5.16. The van der Waals surface area contributed by atoms with E-state index in [1.54, 1.807) is 37.4 Å². The van der Waals surface area contributed by atoms with E-state index in [-0.39, 0.29) is 17.6 Å². The van der Waals surface area contributed by atoms with Gasteiger partial charge in [-0.15, -0.1) is 0 Å². The lowest BCUT2D eigenvalue weighted by Gasteiger charge is -2.32. The number of nitrogens with one attached hydrogen (secondary N) is 1. The number of likely N-dealkylation sites (tertiary alicyclic amines) is 1. The normalized spacial score (nSPS) is 14.2. The van der Waals surface area contributed by atoms with Gasteiger partial charge in [-0.3, -0.25) is 14.3 Å². The second-order valence-electron chi connectivity index (χ2n) is 10.5. The van der Waals surface area contributed by atoms with E-state index in [0.29, 0.717) is 49.0 Å². The molecule has 2 aromatic carbocycles. The number of methoxy groups -OCH3 is 1. The molecule has 4 aromatic rings. The van der Waals surface area contributed by atoms with Crippen LogP contribution in [-0.2, 0) is 17.5 Å². The van der Waals surface area contributed by atoms with E-state index in [9.17, 15) is 22.8 Å². The standard InChI is InChI=1S/C31H32F3N5O4/c1-20-25(29(40)35-13-16-42-2)8-9-27-26(20)19-39(37-27)18-21-11-14-38(15-12-21)30(41)22-3-5-23(6-4-22)43-24-7-10-28(36-17-24)31(32,33)34/h3-10,17,19,21H,11-16,18H2,1-2H3,(H,35,40). The molecule has 1 aliphatic rings. The third kappa shape index (κ3) is 7.14. The number of hydrogen-bond acceptors (Lipinski definition) is 6. The molecule has 0 radical (unpaired) electrons. The molecule has 1 fully saturated rings. The van der Waals surface area contributed by atoms with Crippen molar-refractivity contribution in [2.45, 2.75) is 32.5 Å². The maximum Gasteiger partial charge on any atom is 0.433 e. The second kappa shape index (κ2) is 12.8. The van der Waals surface area contributed by atoms with Crippen molar-refractivity contribution in [2.75, 3.05) is 33.4 Å². The number of aromatic nitrogens is 3. The topological polar surface area (TPSA) is 98.6 Å². The Morgan fingerprint density at radius 1 is 1.02 bits per heavy atom. The van der Waals surface area contributed by atoms with Gasteiger partial charge in [-0.1, -0.05) is 0 Å². The third-order valence-corrected chi connectivity index (χ3v) is 7.55. The van der Waals surface area contributed by atoms with Gasteiger partial charge in [0.05, 0.1) is 18.3 Å². The van der Waals surface area contributed by atoms with Gasteiger partial charge in [0.25, 0.3) is 11.8 Å². The molecule has 0 aliphatic carbocycles. The monoisotopic (exact) mass is 595 g/mol. The maximum absolute atomic E-state index is 13.1. The average molecular weight is 596 g/mol. The Morgan fingerprint density at radius 3 is 2.40 bits per heavy atom. The molecule has 0 spiro atoms. The summed E-state index contributed by atoms with van der Waals surface area (Å²) >= 11 is 0. The lowest BCUT2D eigenvalue weighted by atomic mass is 9.96. The van der Waals surface area contributed by atoms with Crippen LogP contribution in [0.2, 0.25) is 0 Å². The number of rotatable bonds is 9. The van der Waals surface area contributed by atoms with Crippen LogP contribution >= 0.6 is 0 Å². The van der Waals surface area contributed by atoms with Gasteiger partial charge in [0.15, 0.2) is 0 Å². The van der Waals surface area contributed by atoms with Gasteiger partial charge >= 0.3 is 6.18 Å². The number of piperidine rings is 1. The summed E-state index contributed by atoms with van der Waals surface area (Å²) in [7, 11) is 1.59. The Hall–Kier alpha value is -4.45. The molecule has 3 heterocycles. The van der Waals surface area contributed by atoms with Crippen LogP contribution in [0, 0.1) is 12.8 Å². The molecular weight excluding hydrogens is 563 g/mol. The van der Waals surface area contributed by atoms with Crippen LogP contribution in [0.5, 0.6) is 11.5 Å². The number of amides is 2. The van der Waals surface area contributed by atoms with E-state index in [1.807, 2.05) is 28.8 Å². The van der Waals surface area contributed by atoms with Gasteiger partial charge in [0.2, 0.25) is 0 Å². The van der Waals surface area contributed by atoms with E-state index in [1.165, 1.54) is 6.07 Å². The van der Waals surface area contributed by atoms with Crippen molar-refractivity contribution in [2.24, 2.45) is 5.92 Å². The van der Waals surface area contributed by atoms with E-state index >= 15 is 0 Å². The van der Waals surface area contributed by atoms with E-state index < -0.39 is 11.9 Å². The fraction of sp³-hybridized carbons (Fsp3) is 0.355. The Labute approximate surface area is 246 Å². The molecule has 12 heteroatoms. The number of hydrogen-bond donors (Lipinski definition) is 1. The summed E-state index contributed by atoms with van der Waals surface area (Å²) in [4.78, 5) is 30.9. The van der Waals surface area contributed by atoms with Crippen molar-refractivity contribution in [1.29, 1.82) is 0 Å². The highest BCUT2D eigenvalue weighted by molar-refractivity contribution is 6.00. The van der Waals surface area contributed by atoms with Crippen LogP contribution < -0.4 is 10.1 Å². The predicted octanol–water partition coefficient (Wildman–Crippen LogP) is 5.48. The van der Waals surface area contributed by atoms with Crippen molar-refractivity contribution < 1.29 is 32.2 Å². The number of aryl methyl sites for hydroxylation is 1. The maximum atomic E-state index is 13.1. The smallest absolute Gasteiger partial charge is 0.433 e. The molecule has 0 atom stereocenters. The summed E-state index contributed by atoms with van der Waals surface area (Å²) in [5, 5.41) is 8.51. The molecule has 1 N–H and O–H groups in total. The minimum Gasteiger partial charge on any atom is -0.456 e. The van der Waals surface area contributed by atoms with Gasteiger partial charge in [0.1, 0.15) is 17.2 Å². The summed E-state index contributed by atoms with van der Waals surface area (Å²) in [5.74, 6) is 0.678. The number of pyridine rings is 1. The quantitative estimate of drug-likeness (QED) is 0.258. The molecule has 1 aliphatic heterocycles. The van der Waals surface area contributed by atoms with Crippen molar-refractivity contribution in [3.05, 3.63) is 83.3 Å². The zero-order chi connectivity index (χ0) is 30.6. The number of fused-ring (bicyclic) bond motifs is 1. The number of carbonyl (C=O) groups is 2. The zero-order valence-corrected chi connectivity index (χ0v) is 23.9. The summed E-state index contributed by atoms with van der Waals surface area (Å²) in [6.07, 6.45) is 0.142. The number of halogens is 3. The molecule has 226 valence electrons. The molecule has 2 amide bonds. The first kappa shape index (κ1) is 30.0. The predicted molar refractivity (Wildman–Crippen MR) is 153 cm³/mol. The zero-order valence-electron chi connectivity index (χ0n) is 23.9. The highest BCUT2D eigenvalue weighted by Gasteiger charge is 2.32. The number of ether oxygens (including phenoxy) is 2. The summed E-state index contributed by atoms with van der Waals surface area (Å²) in [6.45, 7) is 4.76. The van der Waals surface area contributed by atoms with Gasteiger partial charge in [-0.25, -0.2) is 4.98 Å². The van der Waals surface area contributed by atoms with Gasteiger partial charge < -0.3 is 19.7 Å². The van der Waals surface area contributed by atoms with Crippen LogP contribution in [0.25, 0.3) is 10.9 Å². The highest BCUT2D eigenvalue weighted by atomic mass is 19.4. The average Bonchev–Trinajstić information content (AvgIpc) is 3.41. The van der Waals surface area contributed by atoms with Crippen molar-refractivity contribution in [3.8, 4) is 11.5 Å². The number of benzene rings is 2. The lowest BCUT2D eigenvalue weighted by Crippen LogP contribution is -2.39. The van der Waals surface area contributed by atoms with Gasteiger partial charge in [-0.2, -0.15) is 18.3 Å². The molecule has 0 saturated carbocycles. The summed E-state index contributed by atoms with van der Waals surface area (Å²) < 4.78 is 50.6. The molecular formula is C31H32F3N5O4. The van der Waals surface area contributed by atoms with E-state index in [2.05, 4.69) is 10.3 Å². The number of alkyl halides is 3. The first-order valence-corrected chi connectivity index (χ1v) is 14.0. The van der Waals surface area contributed by atoms with Crippen LogP contribution in [0.4, 0.5) is 13.2 Å². The summed E-state index contributed by atoms with van der Waals surface area (Å²) in [5.41, 5.74) is 1.84. The molecule has 1 saturated heterocycles. The molecule has 0 bridgehead atoms. The van der Waals surface area contributed by atoms with Crippen LogP contribution in [0.15, 0.2) is 60.9 Å². The Balaban J connectivity index is 1.14. The van der Waals surface area contributed by atoms with Crippen LogP contribution in [-0.4, -0.2) is 64.8 Å². The van der Waals surface area contributed by atoms with E-state index in [0.717, 1.165) is 48.1 Å². The Morgan fingerprint density at radius 2 is 1.74 bits per heavy atom. The fourth-order valence-corrected chi connectivity index (χ4v) is 5.16. The minimum absolute atomic E-state index is 0.0852. The first-order chi connectivity index (χ1) is 20.6. The van der Waals surface area contributed by atoms with Crippen LogP contribution in [0.1, 0.15) is 44.8 Å².